The van der Waals surface area contributed by atoms with E-state index in [1.165, 1.54) is 18.3 Å². The molecule has 0 aliphatic rings. The van der Waals surface area contributed by atoms with Crippen molar-refractivity contribution in [3.8, 4) is 22.8 Å². The van der Waals surface area contributed by atoms with Crippen LogP contribution in [0.25, 0.3) is 11.3 Å². The standard InChI is InChI=1S/C28H31FN6O4S.2C2HF3O2/c1-4-38-19-13-21(25(29)23(14-19)39-16(2)3)26(34-18-11-9-17(10-12-18)27(30)31)28-33-15-22(35-28)20-7-5-6-8-24(20)40(32,36)37;2*3-2(4,5)1(6)7/h5-16,26,34H,4H2,1-3H3,(H3,30,31)(H,33,35)(H2,32,36,37);2*(H,6,7). The second-order valence-corrected chi connectivity index (χ2v) is 12.3. The highest BCUT2D eigenvalue weighted by molar-refractivity contribution is 7.89. The summed E-state index contributed by atoms with van der Waals surface area (Å²) in [6.45, 7) is 5.76. The minimum absolute atomic E-state index is 0.0148. The summed E-state index contributed by atoms with van der Waals surface area (Å²) in [6.07, 6.45) is -8.93. The lowest BCUT2D eigenvalue weighted by molar-refractivity contribution is -0.193. The number of aliphatic carboxylic acids is 2. The van der Waals surface area contributed by atoms with Gasteiger partial charge in [-0.05, 0) is 57.2 Å². The van der Waals surface area contributed by atoms with Gasteiger partial charge in [0.05, 0.1) is 23.3 Å². The molecule has 0 saturated carbocycles. The molecular formula is C32H33F7N6O8S. The van der Waals surface area contributed by atoms with Gasteiger partial charge in [-0.15, -0.1) is 0 Å². The van der Waals surface area contributed by atoms with Crippen LogP contribution in [0.5, 0.6) is 11.5 Å². The van der Waals surface area contributed by atoms with Gasteiger partial charge in [0.2, 0.25) is 10.0 Å². The fraction of sp³-hybridized carbons (Fsp3) is 0.250. The first-order chi connectivity index (χ1) is 24.9. The molecule has 0 spiro atoms. The number of aromatic nitrogens is 2. The Balaban J connectivity index is 0.000000610. The number of alkyl halides is 6. The van der Waals surface area contributed by atoms with Gasteiger partial charge in [-0.3, -0.25) is 5.41 Å². The van der Waals surface area contributed by atoms with Crippen molar-refractivity contribution >= 4 is 33.5 Å². The van der Waals surface area contributed by atoms with Gasteiger partial charge in [0.25, 0.3) is 0 Å². The number of anilines is 1. The molecule has 22 heteroatoms. The molecule has 54 heavy (non-hydrogen) atoms. The van der Waals surface area contributed by atoms with Gasteiger partial charge in [0.1, 0.15) is 23.5 Å². The number of aromatic amines is 1. The number of carbonyl (C=O) groups is 2. The summed E-state index contributed by atoms with van der Waals surface area (Å²) in [5.74, 6) is -5.50. The highest BCUT2D eigenvalue weighted by Crippen LogP contribution is 2.37. The summed E-state index contributed by atoms with van der Waals surface area (Å²) in [6, 6.07) is 15.1. The number of sulfonamides is 1. The van der Waals surface area contributed by atoms with Crippen molar-refractivity contribution in [2.75, 3.05) is 11.9 Å². The molecule has 0 saturated heterocycles. The molecule has 0 fully saturated rings. The monoisotopic (exact) mass is 794 g/mol. The van der Waals surface area contributed by atoms with Crippen LogP contribution in [0.4, 0.5) is 36.4 Å². The summed E-state index contributed by atoms with van der Waals surface area (Å²) >= 11 is 0. The van der Waals surface area contributed by atoms with E-state index in [9.17, 15) is 34.8 Å². The van der Waals surface area contributed by atoms with Gasteiger partial charge in [-0.25, -0.2) is 32.5 Å². The highest BCUT2D eigenvalue weighted by Gasteiger charge is 2.39. The third-order valence-corrected chi connectivity index (χ3v) is 7.33. The zero-order chi connectivity index (χ0) is 41.2. The van der Waals surface area contributed by atoms with E-state index in [-0.39, 0.29) is 34.0 Å². The molecule has 0 bridgehead atoms. The average molecular weight is 795 g/mol. The molecule has 0 radical (unpaired) electrons. The number of carboxylic acid groups (broad SMARTS) is 2. The lowest BCUT2D eigenvalue weighted by Crippen LogP contribution is -2.21. The number of rotatable bonds is 11. The number of hydrogen-bond donors (Lipinski definition) is 7. The number of benzene rings is 3. The molecule has 0 aliphatic heterocycles. The fourth-order valence-corrected chi connectivity index (χ4v) is 4.90. The van der Waals surface area contributed by atoms with Gasteiger partial charge in [-0.1, -0.05) is 18.2 Å². The van der Waals surface area contributed by atoms with E-state index < -0.39 is 46.2 Å². The van der Waals surface area contributed by atoms with Crippen molar-refractivity contribution in [1.29, 1.82) is 5.41 Å². The minimum Gasteiger partial charge on any atom is -0.494 e. The van der Waals surface area contributed by atoms with Crippen LogP contribution < -0.4 is 25.7 Å². The molecule has 0 aliphatic carbocycles. The molecular weight excluding hydrogens is 761 g/mol. The van der Waals surface area contributed by atoms with E-state index in [0.717, 1.165) is 0 Å². The molecule has 0 amide bonds. The van der Waals surface area contributed by atoms with Crippen LogP contribution in [0, 0.1) is 11.2 Å². The molecule has 3 aromatic carbocycles. The number of nitrogen functional groups attached to an aromatic ring is 1. The molecule has 14 nitrogen and oxygen atoms in total. The number of imidazole rings is 1. The smallest absolute Gasteiger partial charge is 0.490 e. The fourth-order valence-electron chi connectivity index (χ4n) is 4.15. The topological polar surface area (TPSA) is 244 Å². The zero-order valence-corrected chi connectivity index (χ0v) is 29.0. The van der Waals surface area contributed by atoms with E-state index in [2.05, 4.69) is 15.3 Å². The highest BCUT2D eigenvalue weighted by atomic mass is 32.2. The first-order valence-corrected chi connectivity index (χ1v) is 16.5. The number of primary sulfonamides is 1. The third kappa shape index (κ3) is 12.9. The minimum atomic E-state index is -5.08. The van der Waals surface area contributed by atoms with Crippen LogP contribution in [-0.4, -0.2) is 71.4 Å². The Morgan fingerprint density at radius 1 is 0.981 bits per heavy atom. The number of nitrogens with zero attached hydrogens (tertiary/aromatic N) is 1. The van der Waals surface area contributed by atoms with Crippen molar-refractivity contribution < 1.29 is 68.4 Å². The number of hydrogen-bond acceptors (Lipinski definition) is 9. The van der Waals surface area contributed by atoms with Gasteiger partial charge in [-0.2, -0.15) is 26.3 Å². The second kappa shape index (κ2) is 18.2. The number of amidine groups is 1. The van der Waals surface area contributed by atoms with Gasteiger partial charge < -0.3 is 35.7 Å². The van der Waals surface area contributed by atoms with E-state index in [4.69, 9.17) is 45.6 Å². The molecule has 1 aromatic heterocycles. The lowest BCUT2D eigenvalue weighted by Gasteiger charge is -2.22. The molecule has 9 N–H and O–H groups in total. The Hall–Kier alpha value is -5.90. The Bertz CT molecular complexity index is 2010. The summed E-state index contributed by atoms with van der Waals surface area (Å²) in [4.78, 5) is 25.4. The quantitative estimate of drug-likeness (QED) is 0.0543. The third-order valence-electron chi connectivity index (χ3n) is 6.36. The van der Waals surface area contributed by atoms with Crippen molar-refractivity contribution in [2.24, 2.45) is 10.9 Å². The van der Waals surface area contributed by atoms with E-state index in [1.54, 1.807) is 62.4 Å². The number of halogens is 7. The maximum Gasteiger partial charge on any atom is 0.490 e. The van der Waals surface area contributed by atoms with Crippen molar-refractivity contribution in [2.45, 2.75) is 50.2 Å². The predicted molar refractivity (Wildman–Crippen MR) is 179 cm³/mol. The number of ether oxygens (including phenoxy) is 2. The predicted octanol–water partition coefficient (Wildman–Crippen LogP) is 5.80. The Morgan fingerprint density at radius 3 is 1.98 bits per heavy atom. The van der Waals surface area contributed by atoms with Gasteiger partial charge in [0, 0.05) is 34.6 Å². The molecule has 1 unspecified atom stereocenters. The van der Waals surface area contributed by atoms with E-state index in [1.807, 2.05) is 6.92 Å². The number of carboxylic acids is 2. The molecule has 4 aromatic rings. The van der Waals surface area contributed by atoms with Crippen LogP contribution in [0.3, 0.4) is 0 Å². The van der Waals surface area contributed by atoms with Gasteiger partial charge >= 0.3 is 24.3 Å². The van der Waals surface area contributed by atoms with E-state index >= 15 is 4.39 Å². The SMILES string of the molecule is CCOc1cc(OC(C)C)c(F)c(C(Nc2ccc(C(=N)N)cc2)c2nc(-c3ccccc3S(N)(=O)=O)c[nH]2)c1.O=C(O)C(F)(F)F.O=C(O)C(F)(F)F. The summed E-state index contributed by atoms with van der Waals surface area (Å²) in [7, 11) is -4.03. The maximum absolute atomic E-state index is 16.0. The maximum atomic E-state index is 16.0. The second-order valence-electron chi connectivity index (χ2n) is 10.8. The van der Waals surface area contributed by atoms with Crippen LogP contribution in [0.1, 0.15) is 43.8 Å². The number of nitrogens with two attached hydrogens (primary N) is 2. The van der Waals surface area contributed by atoms with Crippen LogP contribution in [0.2, 0.25) is 0 Å². The lowest BCUT2D eigenvalue weighted by atomic mass is 10.0. The largest absolute Gasteiger partial charge is 0.494 e. The van der Waals surface area contributed by atoms with E-state index in [0.29, 0.717) is 34.9 Å². The van der Waals surface area contributed by atoms with Crippen LogP contribution in [0.15, 0.2) is 71.8 Å². The first kappa shape index (κ1) is 44.3. The Morgan fingerprint density at radius 2 is 1.52 bits per heavy atom. The van der Waals surface area contributed by atoms with Crippen molar-refractivity contribution in [1.82, 2.24) is 9.97 Å². The first-order valence-electron chi connectivity index (χ1n) is 15.0. The van der Waals surface area contributed by atoms with Gasteiger partial charge in [0.15, 0.2) is 11.6 Å². The summed E-state index contributed by atoms with van der Waals surface area (Å²) in [5.41, 5.74) is 7.48. The van der Waals surface area contributed by atoms with Crippen LogP contribution >= 0.6 is 0 Å². The molecule has 1 atom stereocenters. The molecule has 4 rings (SSSR count). The normalized spacial score (nSPS) is 12.0. The summed E-state index contributed by atoms with van der Waals surface area (Å²) < 4.78 is 115. The van der Waals surface area contributed by atoms with Crippen molar-refractivity contribution in [3.63, 3.8) is 0 Å². The Kier molecular flexibility index (Phi) is 14.9. The number of nitrogens with one attached hydrogen (secondary N) is 3. The summed E-state index contributed by atoms with van der Waals surface area (Å²) in [5, 5.41) is 30.6. The Labute approximate surface area is 302 Å². The van der Waals surface area contributed by atoms with Crippen LogP contribution in [-0.2, 0) is 19.6 Å². The van der Waals surface area contributed by atoms with Crippen molar-refractivity contribution in [3.05, 3.63) is 89.6 Å². The zero-order valence-electron chi connectivity index (χ0n) is 28.2. The number of H-pyrrole nitrogens is 1. The average Bonchev–Trinajstić information content (AvgIpc) is 3.55. The molecule has 294 valence electrons. The molecule has 1 heterocycles.